The highest BCUT2D eigenvalue weighted by atomic mass is 19.1. The molecule has 3 rings (SSSR count). The standard InChI is InChI=1S/C13H13F2N3O4/c14-4-11-9-5-21-12(16)17-13(9,6-22-11)8-3-7(18(19)20)1-2-10(8)15/h1-3,9,11H,4-6H2,(H2,16,17)/t9-,11-,13-/m1/s1. The molecule has 0 saturated carbocycles. The number of aliphatic imine (C=N–C) groups is 1. The lowest BCUT2D eigenvalue weighted by Gasteiger charge is -2.35. The fraction of sp³-hybridized carbons (Fsp3) is 0.462. The molecule has 22 heavy (non-hydrogen) atoms. The number of alkyl halides is 1. The van der Waals surface area contributed by atoms with Crippen molar-refractivity contribution in [3.8, 4) is 0 Å². The summed E-state index contributed by atoms with van der Waals surface area (Å²) in [7, 11) is 0. The SMILES string of the molecule is NC1=N[C@@]2(c3cc([N+](=O)[O-])ccc3F)CO[C@H](CF)[C@H]2CO1. The highest BCUT2D eigenvalue weighted by molar-refractivity contribution is 5.73. The highest BCUT2D eigenvalue weighted by Gasteiger charge is 2.55. The Kier molecular flexibility index (Phi) is 3.44. The molecule has 2 aliphatic rings. The van der Waals surface area contributed by atoms with Crippen LogP contribution in [0.25, 0.3) is 0 Å². The topological polar surface area (TPSA) is 100.0 Å². The fourth-order valence-electron chi connectivity index (χ4n) is 2.98. The van der Waals surface area contributed by atoms with E-state index in [1.54, 1.807) is 0 Å². The first-order valence-corrected chi connectivity index (χ1v) is 6.58. The van der Waals surface area contributed by atoms with E-state index in [2.05, 4.69) is 4.99 Å². The number of nitrogens with two attached hydrogens (primary N) is 1. The van der Waals surface area contributed by atoms with Crippen LogP contribution >= 0.6 is 0 Å². The molecular weight excluding hydrogens is 300 g/mol. The fourth-order valence-corrected chi connectivity index (χ4v) is 2.98. The van der Waals surface area contributed by atoms with Crippen molar-refractivity contribution < 1.29 is 23.2 Å². The third-order valence-electron chi connectivity index (χ3n) is 4.08. The number of amidine groups is 1. The minimum atomic E-state index is -1.31. The molecule has 2 heterocycles. The molecule has 0 aliphatic carbocycles. The smallest absolute Gasteiger partial charge is 0.282 e. The molecule has 3 atom stereocenters. The maximum Gasteiger partial charge on any atom is 0.282 e. The molecule has 0 amide bonds. The van der Waals surface area contributed by atoms with Crippen LogP contribution in [0.15, 0.2) is 23.2 Å². The molecule has 1 fully saturated rings. The van der Waals surface area contributed by atoms with E-state index in [1.165, 1.54) is 0 Å². The van der Waals surface area contributed by atoms with Crippen LogP contribution in [0, 0.1) is 21.8 Å². The van der Waals surface area contributed by atoms with E-state index in [1.807, 2.05) is 0 Å². The molecule has 1 aromatic carbocycles. The Bertz CT molecular complexity index is 654. The van der Waals surface area contributed by atoms with Crippen molar-refractivity contribution in [1.82, 2.24) is 0 Å². The molecule has 118 valence electrons. The van der Waals surface area contributed by atoms with Crippen molar-refractivity contribution in [2.24, 2.45) is 16.6 Å². The van der Waals surface area contributed by atoms with E-state index in [0.29, 0.717) is 0 Å². The van der Waals surface area contributed by atoms with Crippen LogP contribution in [0.2, 0.25) is 0 Å². The van der Waals surface area contributed by atoms with Gasteiger partial charge in [0.2, 0.25) is 0 Å². The zero-order chi connectivity index (χ0) is 15.9. The lowest BCUT2D eigenvalue weighted by Crippen LogP contribution is -2.45. The van der Waals surface area contributed by atoms with Gasteiger partial charge < -0.3 is 15.2 Å². The van der Waals surface area contributed by atoms with Gasteiger partial charge in [0.25, 0.3) is 11.7 Å². The average molecular weight is 313 g/mol. The molecule has 0 aromatic heterocycles. The van der Waals surface area contributed by atoms with Gasteiger partial charge in [-0.1, -0.05) is 0 Å². The second kappa shape index (κ2) is 5.16. The Labute approximate surface area is 123 Å². The van der Waals surface area contributed by atoms with Crippen molar-refractivity contribution in [2.75, 3.05) is 19.9 Å². The molecule has 0 bridgehead atoms. The number of non-ortho nitro benzene ring substituents is 1. The summed E-state index contributed by atoms with van der Waals surface area (Å²) in [6.07, 6.45) is -0.824. The number of nitrogens with zero attached hydrogens (tertiary/aromatic N) is 2. The Morgan fingerprint density at radius 1 is 1.55 bits per heavy atom. The molecule has 0 unspecified atom stereocenters. The van der Waals surface area contributed by atoms with Gasteiger partial charge >= 0.3 is 0 Å². The number of ether oxygens (including phenoxy) is 2. The Morgan fingerprint density at radius 2 is 2.32 bits per heavy atom. The van der Waals surface area contributed by atoms with Crippen molar-refractivity contribution in [3.63, 3.8) is 0 Å². The summed E-state index contributed by atoms with van der Waals surface area (Å²) in [6, 6.07) is 2.96. The summed E-state index contributed by atoms with van der Waals surface area (Å²) in [5.41, 5.74) is 3.94. The van der Waals surface area contributed by atoms with Crippen LogP contribution in [0.5, 0.6) is 0 Å². The van der Waals surface area contributed by atoms with Crippen molar-refractivity contribution in [2.45, 2.75) is 11.6 Å². The third-order valence-corrected chi connectivity index (χ3v) is 4.08. The zero-order valence-corrected chi connectivity index (χ0v) is 11.4. The van der Waals surface area contributed by atoms with Gasteiger partial charge in [0.1, 0.15) is 18.0 Å². The van der Waals surface area contributed by atoms with E-state index >= 15 is 0 Å². The Balaban J connectivity index is 2.16. The number of nitro benzene ring substituents is 1. The summed E-state index contributed by atoms with van der Waals surface area (Å²) in [6.45, 7) is -0.901. The first-order chi connectivity index (χ1) is 10.5. The normalized spacial score (nSPS) is 30.4. The molecule has 1 aromatic rings. The van der Waals surface area contributed by atoms with Crippen molar-refractivity contribution >= 4 is 11.7 Å². The summed E-state index contributed by atoms with van der Waals surface area (Å²) < 4.78 is 37.9. The zero-order valence-electron chi connectivity index (χ0n) is 11.4. The Morgan fingerprint density at radius 3 is 3.00 bits per heavy atom. The van der Waals surface area contributed by atoms with E-state index in [0.717, 1.165) is 18.2 Å². The minimum Gasteiger partial charge on any atom is -0.465 e. The maximum absolute atomic E-state index is 14.3. The minimum absolute atomic E-state index is 0.00600. The number of hydrogen-bond donors (Lipinski definition) is 1. The van der Waals surface area contributed by atoms with Gasteiger partial charge in [-0.3, -0.25) is 10.1 Å². The van der Waals surface area contributed by atoms with Crippen molar-refractivity contribution in [3.05, 3.63) is 39.7 Å². The van der Waals surface area contributed by atoms with E-state index in [-0.39, 0.29) is 30.5 Å². The number of benzene rings is 1. The summed E-state index contributed by atoms with van der Waals surface area (Å²) in [5, 5.41) is 10.9. The maximum atomic E-state index is 14.3. The van der Waals surface area contributed by atoms with Crippen LogP contribution in [0.1, 0.15) is 5.56 Å². The number of halogens is 2. The van der Waals surface area contributed by atoms with Crippen LogP contribution in [0.4, 0.5) is 14.5 Å². The van der Waals surface area contributed by atoms with Gasteiger partial charge in [-0.2, -0.15) is 0 Å². The second-order valence-electron chi connectivity index (χ2n) is 5.22. The van der Waals surface area contributed by atoms with Crippen LogP contribution in [-0.2, 0) is 15.0 Å². The van der Waals surface area contributed by atoms with E-state index < -0.39 is 35.0 Å². The van der Waals surface area contributed by atoms with Gasteiger partial charge in [-0.25, -0.2) is 13.8 Å². The quantitative estimate of drug-likeness (QED) is 0.669. The number of hydrogen-bond acceptors (Lipinski definition) is 6. The lowest BCUT2D eigenvalue weighted by molar-refractivity contribution is -0.385. The second-order valence-corrected chi connectivity index (χ2v) is 5.22. The number of rotatable bonds is 3. The number of nitro groups is 1. The molecule has 2 N–H and O–H groups in total. The summed E-state index contributed by atoms with van der Waals surface area (Å²) >= 11 is 0. The summed E-state index contributed by atoms with van der Waals surface area (Å²) in [5.74, 6) is -1.29. The van der Waals surface area contributed by atoms with Gasteiger partial charge in [-0.15, -0.1) is 0 Å². The molecule has 7 nitrogen and oxygen atoms in total. The first-order valence-electron chi connectivity index (χ1n) is 6.58. The molecule has 9 heteroatoms. The van der Waals surface area contributed by atoms with Crippen LogP contribution < -0.4 is 5.73 Å². The molecule has 2 aliphatic heterocycles. The Hall–Kier alpha value is -2.29. The van der Waals surface area contributed by atoms with Gasteiger partial charge in [0.15, 0.2) is 0 Å². The molecule has 0 radical (unpaired) electrons. The summed E-state index contributed by atoms with van der Waals surface area (Å²) in [4.78, 5) is 14.4. The molecular formula is C13H13F2N3O4. The lowest BCUT2D eigenvalue weighted by atomic mass is 9.78. The van der Waals surface area contributed by atoms with Crippen LogP contribution in [0.3, 0.4) is 0 Å². The number of fused-ring (bicyclic) bond motifs is 1. The average Bonchev–Trinajstić information content (AvgIpc) is 2.85. The highest BCUT2D eigenvalue weighted by Crippen LogP contribution is 2.46. The third kappa shape index (κ3) is 2.08. The molecule has 0 spiro atoms. The largest absolute Gasteiger partial charge is 0.465 e. The molecule has 1 saturated heterocycles. The van der Waals surface area contributed by atoms with Gasteiger partial charge in [-0.05, 0) is 6.07 Å². The first kappa shape index (κ1) is 14.6. The predicted octanol–water partition coefficient (Wildman–Crippen LogP) is 1.26. The van der Waals surface area contributed by atoms with Gasteiger partial charge in [0.05, 0.1) is 30.2 Å². The van der Waals surface area contributed by atoms with Crippen LogP contribution in [-0.4, -0.2) is 36.9 Å². The monoisotopic (exact) mass is 313 g/mol. The van der Waals surface area contributed by atoms with Crippen molar-refractivity contribution in [1.29, 1.82) is 0 Å². The van der Waals surface area contributed by atoms with E-state index in [4.69, 9.17) is 15.2 Å². The van der Waals surface area contributed by atoms with E-state index in [9.17, 15) is 18.9 Å². The predicted molar refractivity (Wildman–Crippen MR) is 71.5 cm³/mol. The van der Waals surface area contributed by atoms with Gasteiger partial charge in [0, 0.05) is 17.7 Å².